The molecule has 0 aromatic heterocycles. The lowest BCUT2D eigenvalue weighted by Gasteiger charge is -2.20. The Bertz CT molecular complexity index is 214. The van der Waals surface area contributed by atoms with Gasteiger partial charge in [-0.3, -0.25) is 14.5 Å². The van der Waals surface area contributed by atoms with Crippen molar-refractivity contribution in [1.29, 1.82) is 0 Å². The van der Waals surface area contributed by atoms with Gasteiger partial charge in [-0.15, -0.1) is 0 Å². The number of carbonyl (C=O) groups excluding carboxylic acids is 2. The van der Waals surface area contributed by atoms with Gasteiger partial charge in [0.05, 0.1) is 12.6 Å². The number of rotatable bonds is 2. The molecule has 68 valence electrons. The standard InChI is InChI=1S/C8H13NO3/c1-5-3-7(11)9(8(5)12)6(2)4-10/h5-6,10H,3-4H2,1-2H3/t5?,6-/m0/s1. The Morgan fingerprint density at radius 2 is 2.25 bits per heavy atom. The lowest BCUT2D eigenvalue weighted by atomic mass is 10.1. The van der Waals surface area contributed by atoms with Crippen molar-refractivity contribution >= 4 is 11.8 Å². The summed E-state index contributed by atoms with van der Waals surface area (Å²) in [5.74, 6) is -0.554. The van der Waals surface area contributed by atoms with Gasteiger partial charge < -0.3 is 5.11 Å². The molecule has 1 N–H and O–H groups in total. The molecule has 1 aliphatic heterocycles. The summed E-state index contributed by atoms with van der Waals surface area (Å²) in [6.07, 6.45) is 0.281. The number of aliphatic hydroxyl groups is 1. The van der Waals surface area contributed by atoms with Crippen LogP contribution in [0, 0.1) is 5.92 Å². The van der Waals surface area contributed by atoms with Crippen LogP contribution in [0.4, 0.5) is 0 Å². The average molecular weight is 171 g/mol. The zero-order valence-electron chi connectivity index (χ0n) is 7.28. The number of likely N-dealkylation sites (tertiary alicyclic amines) is 1. The topological polar surface area (TPSA) is 57.6 Å². The maximum absolute atomic E-state index is 11.3. The molecule has 1 saturated heterocycles. The predicted molar refractivity (Wildman–Crippen MR) is 42.2 cm³/mol. The van der Waals surface area contributed by atoms with Gasteiger partial charge in [0.15, 0.2) is 0 Å². The third kappa shape index (κ3) is 1.34. The largest absolute Gasteiger partial charge is 0.394 e. The summed E-state index contributed by atoms with van der Waals surface area (Å²) in [4.78, 5) is 23.7. The zero-order valence-corrected chi connectivity index (χ0v) is 7.28. The molecule has 0 aliphatic carbocycles. The van der Waals surface area contributed by atoms with E-state index in [4.69, 9.17) is 5.11 Å². The highest BCUT2D eigenvalue weighted by Gasteiger charge is 2.37. The van der Waals surface area contributed by atoms with E-state index >= 15 is 0 Å². The third-order valence-corrected chi connectivity index (χ3v) is 2.11. The molecule has 0 aromatic carbocycles. The van der Waals surface area contributed by atoms with Crippen LogP contribution >= 0.6 is 0 Å². The van der Waals surface area contributed by atoms with E-state index in [2.05, 4.69) is 0 Å². The van der Waals surface area contributed by atoms with E-state index in [0.717, 1.165) is 4.90 Å². The summed E-state index contributed by atoms with van der Waals surface area (Å²) >= 11 is 0. The average Bonchev–Trinajstić information content (AvgIpc) is 2.26. The molecule has 12 heavy (non-hydrogen) atoms. The molecule has 4 nitrogen and oxygen atoms in total. The molecule has 0 bridgehead atoms. The Hall–Kier alpha value is -0.900. The summed E-state index contributed by atoms with van der Waals surface area (Å²) in [6.45, 7) is 3.22. The molecule has 1 fully saturated rings. The quantitative estimate of drug-likeness (QED) is 0.583. The fraction of sp³-hybridized carbons (Fsp3) is 0.750. The molecule has 1 unspecified atom stereocenters. The van der Waals surface area contributed by atoms with Gasteiger partial charge in [0.1, 0.15) is 0 Å². The number of imide groups is 1. The fourth-order valence-electron chi connectivity index (χ4n) is 1.35. The highest BCUT2D eigenvalue weighted by molar-refractivity contribution is 6.03. The van der Waals surface area contributed by atoms with Crippen molar-refractivity contribution in [3.63, 3.8) is 0 Å². The fourth-order valence-corrected chi connectivity index (χ4v) is 1.35. The lowest BCUT2D eigenvalue weighted by molar-refractivity contribution is -0.142. The molecular weight excluding hydrogens is 158 g/mol. The van der Waals surface area contributed by atoms with Crippen molar-refractivity contribution in [2.24, 2.45) is 5.92 Å². The first kappa shape index (κ1) is 9.19. The minimum absolute atomic E-state index is 0.163. The number of carbonyl (C=O) groups is 2. The Morgan fingerprint density at radius 3 is 2.58 bits per heavy atom. The Morgan fingerprint density at radius 1 is 1.67 bits per heavy atom. The summed E-state index contributed by atoms with van der Waals surface area (Å²) in [5, 5.41) is 8.77. The maximum atomic E-state index is 11.3. The number of amides is 2. The van der Waals surface area contributed by atoms with Crippen molar-refractivity contribution in [3.05, 3.63) is 0 Å². The van der Waals surface area contributed by atoms with Gasteiger partial charge in [-0.2, -0.15) is 0 Å². The first-order chi connectivity index (χ1) is 5.57. The first-order valence-corrected chi connectivity index (χ1v) is 4.04. The van der Waals surface area contributed by atoms with E-state index in [1.807, 2.05) is 0 Å². The second kappa shape index (κ2) is 3.23. The van der Waals surface area contributed by atoms with Crippen molar-refractivity contribution in [2.45, 2.75) is 26.3 Å². The summed E-state index contributed by atoms with van der Waals surface area (Å²) < 4.78 is 0. The molecule has 0 radical (unpaired) electrons. The van der Waals surface area contributed by atoms with Crippen LogP contribution in [0.1, 0.15) is 20.3 Å². The van der Waals surface area contributed by atoms with Crippen molar-refractivity contribution in [2.75, 3.05) is 6.61 Å². The van der Waals surface area contributed by atoms with Crippen LogP contribution in [-0.2, 0) is 9.59 Å². The molecule has 0 saturated carbocycles. The van der Waals surface area contributed by atoms with Crippen LogP contribution in [-0.4, -0.2) is 34.5 Å². The van der Waals surface area contributed by atoms with Gasteiger partial charge >= 0.3 is 0 Å². The molecule has 1 rings (SSSR count). The van der Waals surface area contributed by atoms with Gasteiger partial charge in [-0.1, -0.05) is 6.92 Å². The van der Waals surface area contributed by atoms with Crippen LogP contribution < -0.4 is 0 Å². The first-order valence-electron chi connectivity index (χ1n) is 4.04. The molecule has 1 heterocycles. The minimum Gasteiger partial charge on any atom is -0.394 e. The van der Waals surface area contributed by atoms with Gasteiger partial charge in [0, 0.05) is 12.3 Å². The van der Waals surface area contributed by atoms with E-state index in [1.54, 1.807) is 13.8 Å². The highest BCUT2D eigenvalue weighted by atomic mass is 16.3. The number of nitrogens with zero attached hydrogens (tertiary/aromatic N) is 1. The molecule has 0 spiro atoms. The molecule has 2 atom stereocenters. The Kier molecular flexibility index (Phi) is 2.47. The predicted octanol–water partition coefficient (Wildman–Crippen LogP) is -0.238. The van der Waals surface area contributed by atoms with Crippen molar-refractivity contribution in [1.82, 2.24) is 4.90 Å². The van der Waals surface area contributed by atoms with Gasteiger partial charge in [0.2, 0.25) is 11.8 Å². The SMILES string of the molecule is CC1CC(=O)N([C@@H](C)CO)C1=O. The molecule has 2 amide bonds. The minimum atomic E-state index is -0.380. The Balaban J connectivity index is 2.76. The summed E-state index contributed by atoms with van der Waals surface area (Å²) in [7, 11) is 0. The van der Waals surface area contributed by atoms with Crippen LogP contribution in [0.5, 0.6) is 0 Å². The van der Waals surface area contributed by atoms with Gasteiger partial charge in [0.25, 0.3) is 0 Å². The highest BCUT2D eigenvalue weighted by Crippen LogP contribution is 2.20. The van der Waals surface area contributed by atoms with Crippen molar-refractivity contribution < 1.29 is 14.7 Å². The number of aliphatic hydroxyl groups excluding tert-OH is 1. The van der Waals surface area contributed by atoms with Gasteiger partial charge in [-0.05, 0) is 6.92 Å². The van der Waals surface area contributed by atoms with E-state index in [1.165, 1.54) is 0 Å². The smallest absolute Gasteiger partial charge is 0.232 e. The van der Waals surface area contributed by atoms with E-state index in [-0.39, 0.29) is 36.8 Å². The number of hydrogen-bond acceptors (Lipinski definition) is 3. The molecule has 0 aromatic rings. The van der Waals surface area contributed by atoms with Crippen molar-refractivity contribution in [3.8, 4) is 0 Å². The normalized spacial score (nSPS) is 26.6. The maximum Gasteiger partial charge on any atom is 0.232 e. The Labute approximate surface area is 71.2 Å². The van der Waals surface area contributed by atoms with E-state index in [0.29, 0.717) is 0 Å². The summed E-state index contributed by atoms with van der Waals surface area (Å²) in [6, 6.07) is -0.380. The second-order valence-electron chi connectivity index (χ2n) is 3.24. The van der Waals surface area contributed by atoms with Crippen LogP contribution in [0.2, 0.25) is 0 Å². The van der Waals surface area contributed by atoms with Crippen LogP contribution in [0.25, 0.3) is 0 Å². The van der Waals surface area contributed by atoms with E-state index in [9.17, 15) is 9.59 Å². The van der Waals surface area contributed by atoms with Gasteiger partial charge in [-0.25, -0.2) is 0 Å². The van der Waals surface area contributed by atoms with Crippen LogP contribution in [0.3, 0.4) is 0 Å². The molecule has 1 aliphatic rings. The summed E-state index contributed by atoms with van der Waals surface area (Å²) in [5.41, 5.74) is 0. The molecular formula is C8H13NO3. The zero-order chi connectivity index (χ0) is 9.30. The van der Waals surface area contributed by atoms with Crippen LogP contribution in [0.15, 0.2) is 0 Å². The molecule has 4 heteroatoms. The lowest BCUT2D eigenvalue weighted by Crippen LogP contribution is -2.40. The second-order valence-corrected chi connectivity index (χ2v) is 3.24. The van der Waals surface area contributed by atoms with E-state index < -0.39 is 0 Å². The monoisotopic (exact) mass is 171 g/mol. The number of hydrogen-bond donors (Lipinski definition) is 1. The third-order valence-electron chi connectivity index (χ3n) is 2.11.